The molecule has 0 bridgehead atoms. The first kappa shape index (κ1) is 18.1. The van der Waals surface area contributed by atoms with Gasteiger partial charge in [0.15, 0.2) is 0 Å². The summed E-state index contributed by atoms with van der Waals surface area (Å²) in [5, 5.41) is 4.97. The number of pyridine rings is 1. The highest BCUT2D eigenvalue weighted by atomic mass is 35.5. The summed E-state index contributed by atoms with van der Waals surface area (Å²) in [5.41, 5.74) is 0.887. The predicted molar refractivity (Wildman–Crippen MR) is 94.6 cm³/mol. The highest BCUT2D eigenvalue weighted by Crippen LogP contribution is 2.28. The van der Waals surface area contributed by atoms with Crippen LogP contribution in [-0.2, 0) is 10.0 Å². The number of benzene rings is 1. The Hall–Kier alpha value is -1.21. The van der Waals surface area contributed by atoms with Gasteiger partial charge in [0.25, 0.3) is 0 Å². The second-order valence-electron chi connectivity index (χ2n) is 5.86. The van der Waals surface area contributed by atoms with Gasteiger partial charge < -0.3 is 5.32 Å². The predicted octanol–water partition coefficient (Wildman–Crippen LogP) is 2.34. The molecule has 1 aromatic heterocycles. The highest BCUT2D eigenvalue weighted by Gasteiger charge is 2.28. The fraction of sp³-hybridized carbons (Fsp3) is 0.438. The minimum Gasteiger partial charge on any atom is -0.313 e. The SMILES string of the molecule is Cc1cncc2cccc(S(=O)(=O)N3CCN[C@H](C)CC3)c12.Cl. The number of halogens is 1. The van der Waals surface area contributed by atoms with Gasteiger partial charge in [0.1, 0.15) is 0 Å². The first-order chi connectivity index (χ1) is 10.5. The van der Waals surface area contributed by atoms with Crippen molar-refractivity contribution in [2.75, 3.05) is 19.6 Å². The van der Waals surface area contributed by atoms with Gasteiger partial charge in [0, 0.05) is 48.8 Å². The maximum absolute atomic E-state index is 13.1. The van der Waals surface area contributed by atoms with Crippen LogP contribution < -0.4 is 5.32 Å². The number of nitrogens with one attached hydrogen (secondary N) is 1. The molecule has 2 aromatic rings. The molecule has 0 spiro atoms. The van der Waals surface area contributed by atoms with E-state index in [-0.39, 0.29) is 12.4 Å². The quantitative estimate of drug-likeness (QED) is 0.898. The van der Waals surface area contributed by atoms with Crippen molar-refractivity contribution in [2.24, 2.45) is 0 Å². The first-order valence-corrected chi connectivity index (χ1v) is 9.01. The Balaban J connectivity index is 0.00000192. The van der Waals surface area contributed by atoms with Gasteiger partial charge in [-0.2, -0.15) is 4.31 Å². The lowest BCUT2D eigenvalue weighted by Gasteiger charge is -2.21. The van der Waals surface area contributed by atoms with E-state index in [0.29, 0.717) is 30.6 Å². The highest BCUT2D eigenvalue weighted by molar-refractivity contribution is 7.89. The smallest absolute Gasteiger partial charge is 0.243 e. The van der Waals surface area contributed by atoms with Crippen molar-refractivity contribution in [3.63, 3.8) is 0 Å². The Morgan fingerprint density at radius 3 is 2.83 bits per heavy atom. The van der Waals surface area contributed by atoms with Crippen molar-refractivity contribution in [1.82, 2.24) is 14.6 Å². The number of hydrogen-bond acceptors (Lipinski definition) is 4. The average Bonchev–Trinajstić information content (AvgIpc) is 2.72. The minimum atomic E-state index is -3.49. The summed E-state index contributed by atoms with van der Waals surface area (Å²) in [6.45, 7) is 5.74. The second kappa shape index (κ2) is 7.13. The maximum atomic E-state index is 13.1. The largest absolute Gasteiger partial charge is 0.313 e. The zero-order valence-corrected chi connectivity index (χ0v) is 15.0. The molecule has 3 rings (SSSR count). The third-order valence-corrected chi connectivity index (χ3v) is 6.16. The van der Waals surface area contributed by atoms with Gasteiger partial charge in [-0.15, -0.1) is 12.4 Å². The number of fused-ring (bicyclic) bond motifs is 1. The van der Waals surface area contributed by atoms with Crippen LogP contribution in [0.2, 0.25) is 0 Å². The number of hydrogen-bond donors (Lipinski definition) is 1. The van der Waals surface area contributed by atoms with Gasteiger partial charge in [-0.25, -0.2) is 8.42 Å². The summed E-state index contributed by atoms with van der Waals surface area (Å²) in [6, 6.07) is 5.74. The van der Waals surface area contributed by atoms with Crippen molar-refractivity contribution in [1.29, 1.82) is 0 Å². The monoisotopic (exact) mass is 355 g/mol. The molecule has 1 aromatic carbocycles. The molecular formula is C16H22ClN3O2S. The van der Waals surface area contributed by atoms with Crippen molar-refractivity contribution in [3.8, 4) is 0 Å². The van der Waals surface area contributed by atoms with Crippen LogP contribution in [0.1, 0.15) is 18.9 Å². The number of nitrogens with zero attached hydrogens (tertiary/aromatic N) is 2. The Morgan fingerprint density at radius 1 is 1.26 bits per heavy atom. The fourth-order valence-corrected chi connectivity index (χ4v) is 4.70. The lowest BCUT2D eigenvalue weighted by molar-refractivity contribution is 0.429. The molecule has 7 heteroatoms. The molecule has 1 aliphatic heterocycles. The third-order valence-electron chi connectivity index (χ3n) is 4.22. The molecule has 2 heterocycles. The van der Waals surface area contributed by atoms with E-state index in [1.54, 1.807) is 28.8 Å². The molecular weight excluding hydrogens is 334 g/mol. The van der Waals surface area contributed by atoms with Crippen LogP contribution in [0.4, 0.5) is 0 Å². The van der Waals surface area contributed by atoms with E-state index in [4.69, 9.17) is 0 Å². The van der Waals surface area contributed by atoms with E-state index in [0.717, 1.165) is 22.8 Å². The topological polar surface area (TPSA) is 62.3 Å². The van der Waals surface area contributed by atoms with Crippen molar-refractivity contribution < 1.29 is 8.42 Å². The molecule has 0 aliphatic carbocycles. The van der Waals surface area contributed by atoms with Gasteiger partial charge in [0.2, 0.25) is 10.0 Å². The van der Waals surface area contributed by atoms with E-state index in [1.807, 2.05) is 13.0 Å². The third kappa shape index (κ3) is 3.50. The van der Waals surface area contributed by atoms with Crippen molar-refractivity contribution >= 4 is 33.2 Å². The first-order valence-electron chi connectivity index (χ1n) is 7.57. The second-order valence-corrected chi connectivity index (χ2v) is 7.76. The molecule has 0 radical (unpaired) electrons. The summed E-state index contributed by atoms with van der Waals surface area (Å²) < 4.78 is 27.8. The van der Waals surface area contributed by atoms with Crippen molar-refractivity contribution in [2.45, 2.75) is 31.2 Å². The van der Waals surface area contributed by atoms with Crippen molar-refractivity contribution in [3.05, 3.63) is 36.2 Å². The van der Waals surface area contributed by atoms with Crippen LogP contribution in [0.5, 0.6) is 0 Å². The fourth-order valence-electron chi connectivity index (χ4n) is 2.95. The minimum absolute atomic E-state index is 0. The number of aromatic nitrogens is 1. The van der Waals surface area contributed by atoms with E-state index >= 15 is 0 Å². The standard InChI is InChI=1S/C16H21N3O2S.ClH/c1-12-10-17-11-14-4-3-5-15(16(12)14)22(20,21)19-8-6-13(2)18-7-9-19;/h3-5,10-11,13,18H,6-9H2,1-2H3;1H/t13-;/m1./s1. The maximum Gasteiger partial charge on any atom is 0.243 e. The molecule has 1 aliphatic rings. The molecule has 5 nitrogen and oxygen atoms in total. The number of sulfonamides is 1. The lowest BCUT2D eigenvalue weighted by atomic mass is 10.1. The summed E-state index contributed by atoms with van der Waals surface area (Å²) >= 11 is 0. The molecule has 1 saturated heterocycles. The van der Waals surface area contributed by atoms with Gasteiger partial charge in [-0.1, -0.05) is 12.1 Å². The van der Waals surface area contributed by atoms with Crippen LogP contribution in [0.25, 0.3) is 10.8 Å². The number of rotatable bonds is 2. The molecule has 1 fully saturated rings. The zero-order valence-electron chi connectivity index (χ0n) is 13.3. The normalized spacial score (nSPS) is 20.0. The van der Waals surface area contributed by atoms with Gasteiger partial charge in [-0.05, 0) is 31.9 Å². The van der Waals surface area contributed by atoms with E-state index in [9.17, 15) is 8.42 Å². The van der Waals surface area contributed by atoms with Crippen LogP contribution in [-0.4, -0.2) is 43.4 Å². The van der Waals surface area contributed by atoms with Crippen LogP contribution in [0.3, 0.4) is 0 Å². The molecule has 1 atom stereocenters. The molecule has 0 amide bonds. The summed E-state index contributed by atoms with van der Waals surface area (Å²) in [7, 11) is -3.49. The lowest BCUT2D eigenvalue weighted by Crippen LogP contribution is -2.34. The van der Waals surface area contributed by atoms with Crippen LogP contribution >= 0.6 is 12.4 Å². The molecule has 0 saturated carbocycles. The van der Waals surface area contributed by atoms with E-state index < -0.39 is 10.0 Å². The molecule has 23 heavy (non-hydrogen) atoms. The van der Waals surface area contributed by atoms with Gasteiger partial charge in [-0.3, -0.25) is 4.98 Å². The molecule has 0 unspecified atom stereocenters. The van der Waals surface area contributed by atoms with E-state index in [2.05, 4.69) is 17.2 Å². The average molecular weight is 356 g/mol. The number of aryl methyl sites for hydroxylation is 1. The van der Waals surface area contributed by atoms with E-state index in [1.165, 1.54) is 0 Å². The summed E-state index contributed by atoms with van der Waals surface area (Å²) in [4.78, 5) is 4.54. The Morgan fingerprint density at radius 2 is 2.04 bits per heavy atom. The summed E-state index contributed by atoms with van der Waals surface area (Å²) in [6.07, 6.45) is 4.26. The Kier molecular flexibility index (Phi) is 5.62. The van der Waals surface area contributed by atoms with Gasteiger partial charge in [0.05, 0.1) is 4.90 Å². The molecule has 126 valence electrons. The van der Waals surface area contributed by atoms with Crippen LogP contribution in [0.15, 0.2) is 35.5 Å². The summed E-state index contributed by atoms with van der Waals surface area (Å²) in [5.74, 6) is 0. The zero-order chi connectivity index (χ0) is 15.7. The Labute approximate surface area is 143 Å². The Bertz CT molecular complexity index is 790. The van der Waals surface area contributed by atoms with Gasteiger partial charge >= 0.3 is 0 Å². The molecule has 1 N–H and O–H groups in total. The van der Waals surface area contributed by atoms with Crippen LogP contribution in [0, 0.1) is 6.92 Å².